The first-order valence-corrected chi connectivity index (χ1v) is 8.22. The fraction of sp³-hybridized carbons (Fsp3) is 0.444. The lowest BCUT2D eigenvalue weighted by atomic mass is 9.87. The zero-order chi connectivity index (χ0) is 18.0. The van der Waals surface area contributed by atoms with Crippen molar-refractivity contribution in [2.24, 2.45) is 0 Å². The van der Waals surface area contributed by atoms with Gasteiger partial charge >= 0.3 is 6.61 Å². The van der Waals surface area contributed by atoms with Crippen molar-refractivity contribution >= 4 is 5.91 Å². The highest BCUT2D eigenvalue weighted by Crippen LogP contribution is 2.32. The Kier molecular flexibility index (Phi) is 5.01. The van der Waals surface area contributed by atoms with Crippen LogP contribution in [-0.2, 0) is 17.6 Å². The van der Waals surface area contributed by atoms with Crippen LogP contribution in [0.5, 0.6) is 5.75 Å². The van der Waals surface area contributed by atoms with Crippen molar-refractivity contribution < 1.29 is 22.8 Å². The van der Waals surface area contributed by atoms with Gasteiger partial charge in [-0.05, 0) is 56.4 Å². The van der Waals surface area contributed by atoms with E-state index in [1.165, 1.54) is 6.07 Å². The lowest BCUT2D eigenvalue weighted by Crippen LogP contribution is -2.32. The Morgan fingerprint density at radius 3 is 2.92 bits per heavy atom. The van der Waals surface area contributed by atoms with Crippen LogP contribution in [0, 0.1) is 13.8 Å². The topological polar surface area (TPSA) is 64.4 Å². The molecule has 5 nitrogen and oxygen atoms in total. The number of alkyl halides is 2. The summed E-state index contributed by atoms with van der Waals surface area (Å²) in [7, 11) is 0. The number of carbonyl (C=O) groups is 1. The number of hydrogen-bond acceptors (Lipinski definition) is 4. The van der Waals surface area contributed by atoms with Gasteiger partial charge in [0.25, 0.3) is 0 Å². The molecule has 7 heteroatoms. The van der Waals surface area contributed by atoms with Gasteiger partial charge in [0.1, 0.15) is 11.5 Å². The van der Waals surface area contributed by atoms with E-state index in [0.29, 0.717) is 11.5 Å². The van der Waals surface area contributed by atoms with Gasteiger partial charge in [0, 0.05) is 5.56 Å². The maximum Gasteiger partial charge on any atom is 0.387 e. The van der Waals surface area contributed by atoms with E-state index in [2.05, 4.69) is 15.2 Å². The van der Waals surface area contributed by atoms with E-state index in [-0.39, 0.29) is 24.1 Å². The SMILES string of the molecule is Cc1noc(C)c1CC(=O)NC1CCCc2cc(OC(F)F)ccc21. The van der Waals surface area contributed by atoms with Crippen molar-refractivity contribution in [1.29, 1.82) is 0 Å². The number of nitrogens with zero attached hydrogens (tertiary/aromatic N) is 1. The number of amides is 1. The molecule has 2 aromatic rings. The summed E-state index contributed by atoms with van der Waals surface area (Å²) in [6, 6.07) is 4.78. The zero-order valence-corrected chi connectivity index (χ0v) is 14.1. The Balaban J connectivity index is 1.71. The van der Waals surface area contributed by atoms with Gasteiger partial charge in [-0.25, -0.2) is 0 Å². The van der Waals surface area contributed by atoms with Gasteiger partial charge in [-0.2, -0.15) is 8.78 Å². The van der Waals surface area contributed by atoms with Crippen molar-refractivity contribution in [3.63, 3.8) is 0 Å². The molecule has 1 aromatic heterocycles. The summed E-state index contributed by atoms with van der Waals surface area (Å²) in [5.41, 5.74) is 3.41. The first-order chi connectivity index (χ1) is 11.9. The normalized spacial score (nSPS) is 16.6. The summed E-state index contributed by atoms with van der Waals surface area (Å²) in [4.78, 5) is 12.4. The van der Waals surface area contributed by atoms with Crippen LogP contribution in [0.1, 0.15) is 47.0 Å². The first kappa shape index (κ1) is 17.4. The van der Waals surface area contributed by atoms with Crippen molar-refractivity contribution in [2.45, 2.75) is 52.2 Å². The number of ether oxygens (including phenoxy) is 1. The minimum atomic E-state index is -2.84. The van der Waals surface area contributed by atoms with Crippen molar-refractivity contribution in [2.75, 3.05) is 0 Å². The molecule has 1 aromatic carbocycles. The van der Waals surface area contributed by atoms with E-state index in [9.17, 15) is 13.6 Å². The van der Waals surface area contributed by atoms with Crippen molar-refractivity contribution in [3.8, 4) is 5.75 Å². The minimum absolute atomic E-state index is 0.111. The van der Waals surface area contributed by atoms with E-state index >= 15 is 0 Å². The van der Waals surface area contributed by atoms with Crippen LogP contribution in [0.25, 0.3) is 0 Å². The summed E-state index contributed by atoms with van der Waals surface area (Å²) < 4.78 is 34.2. The molecule has 1 N–H and O–H groups in total. The molecule has 1 unspecified atom stereocenters. The second-order valence-corrected chi connectivity index (χ2v) is 6.23. The molecule has 25 heavy (non-hydrogen) atoms. The lowest BCUT2D eigenvalue weighted by Gasteiger charge is -2.27. The molecule has 3 rings (SSSR count). The second kappa shape index (κ2) is 7.21. The van der Waals surface area contributed by atoms with Gasteiger partial charge in [-0.1, -0.05) is 11.2 Å². The highest BCUT2D eigenvalue weighted by molar-refractivity contribution is 5.79. The average molecular weight is 350 g/mol. The summed E-state index contributed by atoms with van der Waals surface area (Å²) in [5.74, 6) is 0.682. The number of benzene rings is 1. The summed E-state index contributed by atoms with van der Waals surface area (Å²) in [5, 5.41) is 6.89. The van der Waals surface area contributed by atoms with Crippen LogP contribution in [0.3, 0.4) is 0 Å². The largest absolute Gasteiger partial charge is 0.435 e. The van der Waals surface area contributed by atoms with Gasteiger partial charge in [-0.3, -0.25) is 4.79 Å². The third kappa shape index (κ3) is 3.97. The number of nitrogens with one attached hydrogen (secondary N) is 1. The lowest BCUT2D eigenvalue weighted by molar-refractivity contribution is -0.121. The molecular formula is C18H20F2N2O3. The van der Waals surface area contributed by atoms with Crippen LogP contribution >= 0.6 is 0 Å². The van der Waals surface area contributed by atoms with Crippen LogP contribution in [0.15, 0.2) is 22.7 Å². The van der Waals surface area contributed by atoms with E-state index in [1.807, 2.05) is 0 Å². The molecule has 0 bridgehead atoms. The molecule has 0 saturated carbocycles. The molecule has 1 aliphatic rings. The Bertz CT molecular complexity index is 754. The Morgan fingerprint density at radius 1 is 1.44 bits per heavy atom. The van der Waals surface area contributed by atoms with E-state index in [1.54, 1.807) is 26.0 Å². The maximum atomic E-state index is 12.4. The fourth-order valence-corrected chi connectivity index (χ4v) is 3.28. The van der Waals surface area contributed by atoms with Gasteiger partial charge in [-0.15, -0.1) is 0 Å². The van der Waals surface area contributed by atoms with Gasteiger partial charge < -0.3 is 14.6 Å². The van der Waals surface area contributed by atoms with Crippen LogP contribution < -0.4 is 10.1 Å². The highest BCUT2D eigenvalue weighted by Gasteiger charge is 2.23. The number of halogens is 2. The number of aromatic nitrogens is 1. The molecule has 1 atom stereocenters. The summed E-state index contributed by atoms with van der Waals surface area (Å²) in [6.45, 7) is 0.745. The number of hydrogen-bond donors (Lipinski definition) is 1. The van der Waals surface area contributed by atoms with Crippen LogP contribution in [-0.4, -0.2) is 17.7 Å². The Morgan fingerprint density at radius 2 is 2.24 bits per heavy atom. The quantitative estimate of drug-likeness (QED) is 0.894. The predicted octanol–water partition coefficient (Wildman–Crippen LogP) is 3.63. The molecule has 1 aliphatic carbocycles. The van der Waals surface area contributed by atoms with E-state index in [4.69, 9.17) is 4.52 Å². The number of fused-ring (bicyclic) bond motifs is 1. The Hall–Kier alpha value is -2.44. The average Bonchev–Trinajstić information content (AvgIpc) is 2.86. The predicted molar refractivity (Wildman–Crippen MR) is 86.6 cm³/mol. The monoisotopic (exact) mass is 350 g/mol. The third-order valence-electron chi connectivity index (χ3n) is 4.51. The smallest absolute Gasteiger partial charge is 0.387 e. The second-order valence-electron chi connectivity index (χ2n) is 6.23. The van der Waals surface area contributed by atoms with Gasteiger partial charge in [0.05, 0.1) is 18.2 Å². The Labute approximate surface area is 144 Å². The number of carbonyl (C=O) groups excluding carboxylic acids is 1. The van der Waals surface area contributed by atoms with Crippen molar-refractivity contribution in [1.82, 2.24) is 10.5 Å². The summed E-state index contributed by atoms with van der Waals surface area (Å²) >= 11 is 0. The standard InChI is InChI=1S/C18H20F2N2O3/c1-10-15(11(2)25-22-10)9-17(23)21-16-5-3-4-12-8-13(24-18(19)20)6-7-14(12)16/h6-8,16,18H,3-5,9H2,1-2H3,(H,21,23). The molecule has 0 saturated heterocycles. The first-order valence-electron chi connectivity index (χ1n) is 8.22. The summed E-state index contributed by atoms with van der Waals surface area (Å²) in [6.07, 6.45) is 2.68. The molecular weight excluding hydrogens is 330 g/mol. The molecule has 134 valence electrons. The molecule has 0 spiro atoms. The van der Waals surface area contributed by atoms with Gasteiger partial charge in [0.15, 0.2) is 0 Å². The van der Waals surface area contributed by atoms with Crippen LogP contribution in [0.4, 0.5) is 8.78 Å². The van der Waals surface area contributed by atoms with E-state index < -0.39 is 6.61 Å². The fourth-order valence-electron chi connectivity index (χ4n) is 3.28. The molecule has 0 aliphatic heterocycles. The zero-order valence-electron chi connectivity index (χ0n) is 14.1. The van der Waals surface area contributed by atoms with Crippen LogP contribution in [0.2, 0.25) is 0 Å². The molecule has 1 heterocycles. The highest BCUT2D eigenvalue weighted by atomic mass is 19.3. The van der Waals surface area contributed by atoms with Gasteiger partial charge in [0.2, 0.25) is 5.91 Å². The third-order valence-corrected chi connectivity index (χ3v) is 4.51. The number of rotatable bonds is 5. The van der Waals surface area contributed by atoms with E-state index in [0.717, 1.165) is 36.0 Å². The number of aryl methyl sites for hydroxylation is 3. The molecule has 1 amide bonds. The molecule has 0 radical (unpaired) electrons. The minimum Gasteiger partial charge on any atom is -0.435 e. The van der Waals surface area contributed by atoms with Crippen molar-refractivity contribution in [3.05, 3.63) is 46.3 Å². The maximum absolute atomic E-state index is 12.4. The molecule has 0 fully saturated rings.